The fourth-order valence-corrected chi connectivity index (χ4v) is 2.35. The molecule has 0 bridgehead atoms. The van der Waals surface area contributed by atoms with Crippen LogP contribution in [0.15, 0.2) is 10.8 Å². The van der Waals surface area contributed by atoms with Gasteiger partial charge in [0.05, 0.1) is 0 Å². The van der Waals surface area contributed by atoms with E-state index < -0.39 is 12.0 Å². The number of likely N-dealkylation sites (tertiary alicyclic amines) is 1. The van der Waals surface area contributed by atoms with Gasteiger partial charge < -0.3 is 14.8 Å². The van der Waals surface area contributed by atoms with Crippen LogP contribution >= 0.6 is 0 Å². The van der Waals surface area contributed by atoms with E-state index in [-0.39, 0.29) is 17.6 Å². The Labute approximate surface area is 110 Å². The lowest BCUT2D eigenvalue weighted by Crippen LogP contribution is -2.37. The molecule has 2 rings (SSSR count). The highest BCUT2D eigenvalue weighted by atomic mass is 16.4. The molecule has 2 heterocycles. The Kier molecular flexibility index (Phi) is 3.84. The number of oxazole rings is 1. The maximum absolute atomic E-state index is 12.0. The van der Waals surface area contributed by atoms with Crippen LogP contribution in [0.3, 0.4) is 0 Å². The fourth-order valence-electron chi connectivity index (χ4n) is 2.35. The number of aliphatic carboxylic acids is 1. The summed E-state index contributed by atoms with van der Waals surface area (Å²) in [5.74, 6) is -0.636. The van der Waals surface area contributed by atoms with Crippen LogP contribution in [0.2, 0.25) is 0 Å². The molecule has 7 heteroatoms. The minimum absolute atomic E-state index is 0.181. The Morgan fingerprint density at radius 1 is 1.63 bits per heavy atom. The van der Waals surface area contributed by atoms with Gasteiger partial charge >= 0.3 is 5.97 Å². The number of hydrogen-bond donors (Lipinski definition) is 2. The molecule has 0 aliphatic carbocycles. The van der Waals surface area contributed by atoms with Crippen molar-refractivity contribution in [3.63, 3.8) is 0 Å². The molecule has 1 amide bonds. The van der Waals surface area contributed by atoms with Crippen LogP contribution in [0.4, 0.5) is 0 Å². The first-order valence-corrected chi connectivity index (χ1v) is 6.19. The third kappa shape index (κ3) is 2.76. The molecule has 2 atom stereocenters. The molecule has 104 valence electrons. The zero-order valence-corrected chi connectivity index (χ0v) is 10.9. The molecule has 1 fully saturated rings. The van der Waals surface area contributed by atoms with E-state index in [2.05, 4.69) is 10.3 Å². The molecule has 1 saturated heterocycles. The van der Waals surface area contributed by atoms with E-state index in [4.69, 9.17) is 9.52 Å². The topological polar surface area (TPSA) is 95.7 Å². The molecule has 0 spiro atoms. The second kappa shape index (κ2) is 5.40. The largest absolute Gasteiger partial charge is 0.480 e. The Hall–Kier alpha value is -1.89. The number of hydrogen-bond acceptors (Lipinski definition) is 5. The van der Waals surface area contributed by atoms with Gasteiger partial charge in [0.2, 0.25) is 0 Å². The first kappa shape index (κ1) is 13.5. The highest BCUT2D eigenvalue weighted by molar-refractivity contribution is 5.93. The molecule has 1 aliphatic heterocycles. The average Bonchev–Trinajstić information content (AvgIpc) is 2.95. The molecule has 2 N–H and O–H groups in total. The minimum Gasteiger partial charge on any atom is -0.480 e. The minimum atomic E-state index is -0.866. The average molecular weight is 267 g/mol. The number of amides is 1. The summed E-state index contributed by atoms with van der Waals surface area (Å²) in [7, 11) is 1.73. The van der Waals surface area contributed by atoms with Crippen LogP contribution in [-0.4, -0.2) is 52.5 Å². The van der Waals surface area contributed by atoms with Crippen LogP contribution in [0.1, 0.15) is 29.6 Å². The molecular weight excluding hydrogens is 250 g/mol. The molecule has 1 aliphatic rings. The van der Waals surface area contributed by atoms with E-state index in [1.165, 1.54) is 6.39 Å². The summed E-state index contributed by atoms with van der Waals surface area (Å²) >= 11 is 0. The lowest BCUT2D eigenvalue weighted by atomic mass is 10.1. The van der Waals surface area contributed by atoms with Gasteiger partial charge in [0.15, 0.2) is 12.1 Å². The van der Waals surface area contributed by atoms with E-state index >= 15 is 0 Å². The summed E-state index contributed by atoms with van der Waals surface area (Å²) in [5, 5.41) is 11.8. The van der Waals surface area contributed by atoms with E-state index in [0.717, 1.165) is 0 Å². The maximum Gasteiger partial charge on any atom is 0.320 e. The van der Waals surface area contributed by atoms with Crippen molar-refractivity contribution in [2.45, 2.75) is 31.8 Å². The summed E-state index contributed by atoms with van der Waals surface area (Å²) in [6, 6.07) is -0.728. The van der Waals surface area contributed by atoms with Gasteiger partial charge in [-0.3, -0.25) is 14.5 Å². The normalized spacial score (nSPS) is 23.5. The molecule has 19 heavy (non-hydrogen) atoms. The van der Waals surface area contributed by atoms with Crippen molar-refractivity contribution in [3.05, 3.63) is 17.8 Å². The molecule has 1 aromatic rings. The van der Waals surface area contributed by atoms with E-state index in [0.29, 0.717) is 25.1 Å². The second-order valence-corrected chi connectivity index (χ2v) is 4.68. The van der Waals surface area contributed by atoms with Crippen molar-refractivity contribution in [2.24, 2.45) is 0 Å². The first-order valence-electron chi connectivity index (χ1n) is 6.19. The number of nitrogens with one attached hydrogen (secondary N) is 1. The van der Waals surface area contributed by atoms with Gasteiger partial charge in [0, 0.05) is 19.0 Å². The number of likely N-dealkylation sites (N-methyl/N-ethyl adjacent to an activating group) is 1. The number of aromatic nitrogens is 1. The van der Waals surface area contributed by atoms with Crippen molar-refractivity contribution in [3.8, 4) is 0 Å². The van der Waals surface area contributed by atoms with Crippen molar-refractivity contribution >= 4 is 11.9 Å². The number of carboxylic acid groups (broad SMARTS) is 1. The van der Waals surface area contributed by atoms with Crippen molar-refractivity contribution in [1.82, 2.24) is 15.2 Å². The van der Waals surface area contributed by atoms with Crippen molar-refractivity contribution in [2.75, 3.05) is 13.6 Å². The Balaban J connectivity index is 1.99. The van der Waals surface area contributed by atoms with Gasteiger partial charge in [0.1, 0.15) is 11.8 Å². The lowest BCUT2D eigenvalue weighted by Gasteiger charge is -2.13. The number of carboxylic acids is 1. The monoisotopic (exact) mass is 267 g/mol. The Bertz CT molecular complexity index is 485. The fraction of sp³-hybridized carbons (Fsp3) is 0.583. The molecule has 0 saturated carbocycles. The van der Waals surface area contributed by atoms with E-state index in [9.17, 15) is 9.59 Å². The highest BCUT2D eigenvalue weighted by Crippen LogP contribution is 2.17. The Morgan fingerprint density at radius 2 is 2.37 bits per heavy atom. The predicted octanol–water partition coefficient (Wildman–Crippen LogP) is 0.124. The molecule has 0 unspecified atom stereocenters. The van der Waals surface area contributed by atoms with Gasteiger partial charge in [-0.25, -0.2) is 4.98 Å². The summed E-state index contributed by atoms with van der Waals surface area (Å²) in [5.41, 5.74) is 0.281. The van der Waals surface area contributed by atoms with Gasteiger partial charge in [-0.1, -0.05) is 6.92 Å². The number of carbonyl (C=O) groups is 2. The third-order valence-electron chi connectivity index (χ3n) is 3.35. The molecular formula is C12H17N3O4. The van der Waals surface area contributed by atoms with Crippen LogP contribution < -0.4 is 5.32 Å². The maximum atomic E-state index is 12.0. The smallest absolute Gasteiger partial charge is 0.320 e. The van der Waals surface area contributed by atoms with E-state index in [1.807, 2.05) is 6.92 Å². The number of carbonyl (C=O) groups excluding carboxylic acids is 1. The van der Waals surface area contributed by atoms with Crippen LogP contribution in [0, 0.1) is 0 Å². The third-order valence-corrected chi connectivity index (χ3v) is 3.35. The first-order chi connectivity index (χ1) is 9.02. The van der Waals surface area contributed by atoms with Crippen molar-refractivity contribution < 1.29 is 19.1 Å². The Morgan fingerprint density at radius 3 is 2.95 bits per heavy atom. The summed E-state index contributed by atoms with van der Waals surface area (Å²) in [4.78, 5) is 28.6. The van der Waals surface area contributed by atoms with Gasteiger partial charge in [-0.15, -0.1) is 0 Å². The van der Waals surface area contributed by atoms with Crippen molar-refractivity contribution in [1.29, 1.82) is 0 Å². The van der Waals surface area contributed by atoms with Gasteiger partial charge in [-0.2, -0.15) is 0 Å². The number of rotatable bonds is 4. The van der Waals surface area contributed by atoms with Crippen LogP contribution in [0.25, 0.3) is 0 Å². The zero-order valence-electron chi connectivity index (χ0n) is 10.9. The van der Waals surface area contributed by atoms with Gasteiger partial charge in [0.25, 0.3) is 5.91 Å². The van der Waals surface area contributed by atoms with Crippen LogP contribution in [0.5, 0.6) is 0 Å². The molecule has 0 aromatic carbocycles. The summed E-state index contributed by atoms with van der Waals surface area (Å²) in [6.07, 6.45) is 2.23. The highest BCUT2D eigenvalue weighted by Gasteiger charge is 2.35. The lowest BCUT2D eigenvalue weighted by molar-refractivity contribution is -0.141. The zero-order chi connectivity index (χ0) is 14.0. The summed E-state index contributed by atoms with van der Waals surface area (Å²) < 4.78 is 5.10. The van der Waals surface area contributed by atoms with E-state index in [1.54, 1.807) is 11.9 Å². The molecule has 1 aromatic heterocycles. The second-order valence-electron chi connectivity index (χ2n) is 4.68. The molecule has 7 nitrogen and oxygen atoms in total. The SMILES string of the molecule is CCc1ocnc1C(=O)N[C@H]1C[C@@H](C(=O)O)N(C)C1. The quantitative estimate of drug-likeness (QED) is 0.804. The van der Waals surface area contributed by atoms with Crippen LogP contribution in [-0.2, 0) is 11.2 Å². The summed E-state index contributed by atoms with van der Waals surface area (Å²) in [6.45, 7) is 2.39. The van der Waals surface area contributed by atoms with Gasteiger partial charge in [-0.05, 0) is 13.5 Å². The standard InChI is InChI=1S/C12H17N3O4/c1-3-9-10(13-6-19-9)11(16)14-7-4-8(12(17)18)15(2)5-7/h6-8H,3-5H2,1-2H3,(H,14,16)(H,17,18)/t7-,8-/m0/s1. The number of aryl methyl sites for hydroxylation is 1. The predicted molar refractivity (Wildman–Crippen MR) is 65.8 cm³/mol. The molecule has 0 radical (unpaired) electrons. The number of nitrogens with zero attached hydrogens (tertiary/aromatic N) is 2.